The molecule has 1 aromatic rings. The molecule has 0 saturated carbocycles. The van der Waals surface area contributed by atoms with Crippen LogP contribution in [0.25, 0.3) is 0 Å². The van der Waals surface area contributed by atoms with Gasteiger partial charge < -0.3 is 4.90 Å². The number of piperazine rings is 1. The first-order chi connectivity index (χ1) is 11.3. The molecule has 1 heterocycles. The van der Waals surface area contributed by atoms with Crippen LogP contribution in [0.2, 0.25) is 5.02 Å². The number of benzene rings is 1. The van der Waals surface area contributed by atoms with Gasteiger partial charge in [0.1, 0.15) is 0 Å². The summed E-state index contributed by atoms with van der Waals surface area (Å²) in [6, 6.07) is 6.82. The van der Waals surface area contributed by atoms with Crippen molar-refractivity contribution in [1.29, 1.82) is 0 Å². The Hall–Kier alpha value is -1.39. The van der Waals surface area contributed by atoms with Crippen molar-refractivity contribution in [3.63, 3.8) is 0 Å². The van der Waals surface area contributed by atoms with Crippen LogP contribution in [0, 0.1) is 0 Å². The molecule has 0 unspecified atom stereocenters. The number of ketones is 1. The topological polar surface area (TPSA) is 40.6 Å². The second-order valence-electron chi connectivity index (χ2n) is 6.96. The first kappa shape index (κ1) is 18.9. The van der Waals surface area contributed by atoms with Gasteiger partial charge in [-0.3, -0.25) is 14.5 Å². The van der Waals surface area contributed by atoms with Gasteiger partial charge in [0.05, 0.1) is 0 Å². The molecule has 0 aliphatic carbocycles. The van der Waals surface area contributed by atoms with E-state index in [4.69, 9.17) is 11.6 Å². The molecule has 0 atom stereocenters. The molecule has 0 aromatic heterocycles. The van der Waals surface area contributed by atoms with Crippen LogP contribution in [0.3, 0.4) is 0 Å². The molecule has 1 fully saturated rings. The lowest BCUT2D eigenvalue weighted by atomic mass is 9.98. The third-order valence-electron chi connectivity index (χ3n) is 5.09. The van der Waals surface area contributed by atoms with Crippen LogP contribution in [0.1, 0.15) is 50.4 Å². The number of hydrogen-bond donors (Lipinski definition) is 0. The minimum atomic E-state index is -0.00855. The number of amides is 1. The number of hydrogen-bond acceptors (Lipinski definition) is 3. The first-order valence-electron chi connectivity index (χ1n) is 8.65. The highest BCUT2D eigenvalue weighted by molar-refractivity contribution is 6.30. The molecule has 0 spiro atoms. The van der Waals surface area contributed by atoms with Gasteiger partial charge in [-0.2, -0.15) is 0 Å². The Labute approximate surface area is 149 Å². The van der Waals surface area contributed by atoms with E-state index in [1.54, 1.807) is 24.3 Å². The van der Waals surface area contributed by atoms with Crippen molar-refractivity contribution >= 4 is 23.3 Å². The standard InChI is InChI=1S/C19H27ClN2O2/c1-4-19(2,3)22-13-11-21(12-14-22)18(24)10-9-17(23)15-5-7-16(20)8-6-15/h5-8H,4,9-14H2,1-3H3. The van der Waals surface area contributed by atoms with E-state index < -0.39 is 0 Å². The third-order valence-corrected chi connectivity index (χ3v) is 5.34. The summed E-state index contributed by atoms with van der Waals surface area (Å²) in [5.74, 6) is 0.0667. The molecular weight excluding hydrogens is 324 g/mol. The fourth-order valence-electron chi connectivity index (χ4n) is 2.94. The molecular formula is C19H27ClN2O2. The number of rotatable bonds is 6. The first-order valence-corrected chi connectivity index (χ1v) is 9.03. The van der Waals surface area contributed by atoms with Crippen molar-refractivity contribution in [2.45, 2.75) is 45.6 Å². The van der Waals surface area contributed by atoms with Crippen LogP contribution in [0.15, 0.2) is 24.3 Å². The second kappa shape index (κ2) is 8.13. The van der Waals surface area contributed by atoms with Crippen molar-refractivity contribution in [3.8, 4) is 0 Å². The Morgan fingerprint density at radius 3 is 2.17 bits per heavy atom. The Balaban J connectivity index is 1.79. The zero-order valence-electron chi connectivity index (χ0n) is 14.8. The van der Waals surface area contributed by atoms with E-state index in [-0.39, 0.29) is 30.1 Å². The van der Waals surface area contributed by atoms with Gasteiger partial charge in [0.25, 0.3) is 0 Å². The zero-order chi connectivity index (χ0) is 17.7. The Bertz CT molecular complexity index is 576. The second-order valence-corrected chi connectivity index (χ2v) is 7.40. The number of halogens is 1. The average Bonchev–Trinajstić information content (AvgIpc) is 2.60. The van der Waals surface area contributed by atoms with E-state index in [1.165, 1.54) is 0 Å². The molecule has 2 rings (SSSR count). The summed E-state index contributed by atoms with van der Waals surface area (Å²) in [7, 11) is 0. The molecule has 0 bridgehead atoms. The molecule has 1 aliphatic heterocycles. The van der Waals surface area contributed by atoms with Crippen molar-refractivity contribution in [1.82, 2.24) is 9.80 Å². The van der Waals surface area contributed by atoms with Crippen molar-refractivity contribution < 1.29 is 9.59 Å². The van der Waals surface area contributed by atoms with E-state index in [0.29, 0.717) is 10.6 Å². The van der Waals surface area contributed by atoms with Gasteiger partial charge >= 0.3 is 0 Å². The molecule has 1 amide bonds. The van der Waals surface area contributed by atoms with Crippen LogP contribution in [0.4, 0.5) is 0 Å². The molecule has 24 heavy (non-hydrogen) atoms. The number of carbonyl (C=O) groups is 2. The van der Waals surface area contributed by atoms with Gasteiger partial charge in [0, 0.05) is 55.1 Å². The molecule has 1 aromatic carbocycles. The maximum absolute atomic E-state index is 12.3. The van der Waals surface area contributed by atoms with Gasteiger partial charge in [-0.1, -0.05) is 18.5 Å². The zero-order valence-corrected chi connectivity index (χ0v) is 15.6. The van der Waals surface area contributed by atoms with Crippen LogP contribution >= 0.6 is 11.6 Å². The molecule has 1 saturated heterocycles. The Morgan fingerprint density at radius 1 is 1.04 bits per heavy atom. The molecule has 0 radical (unpaired) electrons. The van der Waals surface area contributed by atoms with Gasteiger partial charge in [0.2, 0.25) is 5.91 Å². The SMILES string of the molecule is CCC(C)(C)N1CCN(C(=O)CCC(=O)c2ccc(Cl)cc2)CC1. The smallest absolute Gasteiger partial charge is 0.223 e. The molecule has 132 valence electrons. The predicted octanol–water partition coefficient (Wildman–Crippen LogP) is 3.64. The highest BCUT2D eigenvalue weighted by atomic mass is 35.5. The number of Topliss-reactive ketones (excluding diaryl/α,β-unsaturated/α-hetero) is 1. The highest BCUT2D eigenvalue weighted by Gasteiger charge is 2.29. The Kier molecular flexibility index (Phi) is 6.41. The predicted molar refractivity (Wildman–Crippen MR) is 97.5 cm³/mol. The molecule has 5 heteroatoms. The summed E-state index contributed by atoms with van der Waals surface area (Å²) in [6.07, 6.45) is 1.62. The number of nitrogens with zero attached hydrogens (tertiary/aromatic N) is 2. The largest absolute Gasteiger partial charge is 0.340 e. The number of carbonyl (C=O) groups excluding carboxylic acids is 2. The van der Waals surface area contributed by atoms with Crippen LogP contribution in [0.5, 0.6) is 0 Å². The minimum absolute atomic E-state index is 0.00855. The van der Waals surface area contributed by atoms with Crippen LogP contribution < -0.4 is 0 Å². The van der Waals surface area contributed by atoms with E-state index in [0.717, 1.165) is 32.6 Å². The summed E-state index contributed by atoms with van der Waals surface area (Å²) in [5.41, 5.74) is 0.793. The fourth-order valence-corrected chi connectivity index (χ4v) is 3.07. The normalized spacial score (nSPS) is 16.2. The van der Waals surface area contributed by atoms with Gasteiger partial charge in [-0.15, -0.1) is 0 Å². The van der Waals surface area contributed by atoms with E-state index in [1.807, 2.05) is 4.90 Å². The lowest BCUT2D eigenvalue weighted by molar-refractivity contribution is -0.133. The van der Waals surface area contributed by atoms with Gasteiger partial charge in [-0.05, 0) is 44.5 Å². The maximum Gasteiger partial charge on any atom is 0.223 e. The fraction of sp³-hybridized carbons (Fsp3) is 0.579. The van der Waals surface area contributed by atoms with E-state index in [9.17, 15) is 9.59 Å². The summed E-state index contributed by atoms with van der Waals surface area (Å²) < 4.78 is 0. The molecule has 1 aliphatic rings. The van der Waals surface area contributed by atoms with Gasteiger partial charge in [0.15, 0.2) is 5.78 Å². The Morgan fingerprint density at radius 2 is 1.62 bits per heavy atom. The van der Waals surface area contributed by atoms with Crippen molar-refractivity contribution in [2.75, 3.05) is 26.2 Å². The van der Waals surface area contributed by atoms with E-state index >= 15 is 0 Å². The maximum atomic E-state index is 12.3. The van der Waals surface area contributed by atoms with Crippen molar-refractivity contribution in [3.05, 3.63) is 34.9 Å². The molecule has 0 N–H and O–H groups in total. The lowest BCUT2D eigenvalue weighted by Crippen LogP contribution is -2.55. The van der Waals surface area contributed by atoms with Gasteiger partial charge in [-0.25, -0.2) is 0 Å². The minimum Gasteiger partial charge on any atom is -0.340 e. The summed E-state index contributed by atoms with van der Waals surface area (Å²) in [6.45, 7) is 9.98. The molecule has 4 nitrogen and oxygen atoms in total. The quantitative estimate of drug-likeness (QED) is 0.735. The summed E-state index contributed by atoms with van der Waals surface area (Å²) in [5, 5.41) is 0.607. The summed E-state index contributed by atoms with van der Waals surface area (Å²) in [4.78, 5) is 28.8. The third kappa shape index (κ3) is 4.81. The van der Waals surface area contributed by atoms with E-state index in [2.05, 4.69) is 25.7 Å². The van der Waals surface area contributed by atoms with Crippen LogP contribution in [-0.2, 0) is 4.79 Å². The highest BCUT2D eigenvalue weighted by Crippen LogP contribution is 2.20. The summed E-state index contributed by atoms with van der Waals surface area (Å²) >= 11 is 5.82. The lowest BCUT2D eigenvalue weighted by Gasteiger charge is -2.43. The van der Waals surface area contributed by atoms with Crippen molar-refractivity contribution in [2.24, 2.45) is 0 Å². The average molecular weight is 351 g/mol. The monoisotopic (exact) mass is 350 g/mol. The van der Waals surface area contributed by atoms with Crippen LogP contribution in [-0.4, -0.2) is 53.2 Å².